The van der Waals surface area contributed by atoms with E-state index in [0.29, 0.717) is 13.0 Å². The van der Waals surface area contributed by atoms with Crippen molar-refractivity contribution in [3.63, 3.8) is 0 Å². The van der Waals surface area contributed by atoms with Gasteiger partial charge in [0.1, 0.15) is 18.4 Å². The first kappa shape index (κ1) is 20.4. The Morgan fingerprint density at radius 2 is 2.00 bits per heavy atom. The summed E-state index contributed by atoms with van der Waals surface area (Å²) in [5.41, 5.74) is 23.0. The predicted octanol–water partition coefficient (Wildman–Crippen LogP) is -2.62. The fourth-order valence-corrected chi connectivity index (χ4v) is 3.49. The molecule has 1 saturated carbocycles. The smallest absolute Gasteiger partial charge is 0.236 e. The molecule has 0 spiro atoms. The number of aliphatic hydroxyl groups is 1. The van der Waals surface area contributed by atoms with Crippen molar-refractivity contribution in [2.75, 3.05) is 20.1 Å². The standard InChI is InChI=1S/C15H30FN5O4/c1-21(11(22)6-18)12-8(16)4-10(20)14(13(12)23)25-15-9(19)3-2-7(5-17)24-15/h7-10,12-15,23H,2-6,17-20H2,1H3/t7-,8+,9+,10-,12+,13+,14+,15+/m0/s1. The Morgan fingerprint density at radius 1 is 1.32 bits per heavy atom. The number of halogens is 1. The first-order valence-electron chi connectivity index (χ1n) is 8.60. The molecule has 25 heavy (non-hydrogen) atoms. The molecular formula is C15H30FN5O4. The van der Waals surface area contributed by atoms with E-state index >= 15 is 0 Å². The van der Waals surface area contributed by atoms with E-state index in [2.05, 4.69) is 0 Å². The van der Waals surface area contributed by atoms with Crippen LogP contribution < -0.4 is 22.9 Å². The van der Waals surface area contributed by atoms with Crippen LogP contribution in [0.2, 0.25) is 0 Å². The van der Waals surface area contributed by atoms with Gasteiger partial charge in [0.2, 0.25) is 5.91 Å². The SMILES string of the molecule is CN(C(=O)CN)[C@H]1[C@@H](O)[C@H](O[C@H]2O[C@H](CN)CC[C@H]2N)[C@@H](N)C[C@H]1F. The number of nitrogens with zero attached hydrogens (tertiary/aromatic N) is 1. The molecule has 146 valence electrons. The van der Waals surface area contributed by atoms with Crippen LogP contribution in [0.4, 0.5) is 4.39 Å². The lowest BCUT2D eigenvalue weighted by Crippen LogP contribution is -2.65. The number of ether oxygens (including phenoxy) is 2. The van der Waals surface area contributed by atoms with Crippen molar-refractivity contribution in [2.24, 2.45) is 22.9 Å². The van der Waals surface area contributed by atoms with Gasteiger partial charge in [-0.05, 0) is 19.3 Å². The molecule has 2 fully saturated rings. The predicted molar refractivity (Wildman–Crippen MR) is 88.9 cm³/mol. The van der Waals surface area contributed by atoms with Crippen LogP contribution in [0.15, 0.2) is 0 Å². The topological polar surface area (TPSA) is 163 Å². The van der Waals surface area contributed by atoms with E-state index in [4.69, 9.17) is 32.4 Å². The number of carbonyl (C=O) groups excluding carboxylic acids is 1. The lowest BCUT2D eigenvalue weighted by molar-refractivity contribution is -0.250. The molecule has 0 radical (unpaired) electrons. The fraction of sp³-hybridized carbons (Fsp3) is 0.933. The number of hydrogen-bond acceptors (Lipinski definition) is 8. The molecule has 10 heteroatoms. The monoisotopic (exact) mass is 363 g/mol. The number of carbonyl (C=O) groups is 1. The Labute approximate surface area is 146 Å². The summed E-state index contributed by atoms with van der Waals surface area (Å²) in [6, 6.07) is -2.24. The molecule has 2 aliphatic rings. The molecule has 9 nitrogen and oxygen atoms in total. The van der Waals surface area contributed by atoms with E-state index in [-0.39, 0.29) is 19.1 Å². The quantitative estimate of drug-likeness (QED) is 0.354. The van der Waals surface area contributed by atoms with Crippen LogP contribution in [0, 0.1) is 0 Å². The second kappa shape index (κ2) is 8.67. The van der Waals surface area contributed by atoms with E-state index in [1.54, 1.807) is 0 Å². The van der Waals surface area contributed by atoms with Gasteiger partial charge >= 0.3 is 0 Å². The summed E-state index contributed by atoms with van der Waals surface area (Å²) in [6.07, 6.45) is -3.38. The summed E-state index contributed by atoms with van der Waals surface area (Å²) >= 11 is 0. The van der Waals surface area contributed by atoms with Crippen LogP contribution in [-0.4, -0.2) is 84.9 Å². The van der Waals surface area contributed by atoms with Crippen LogP contribution in [0.5, 0.6) is 0 Å². The Hall–Kier alpha value is -0.880. The number of rotatable bonds is 5. The minimum atomic E-state index is -1.48. The largest absolute Gasteiger partial charge is 0.388 e. The molecule has 0 aromatic rings. The van der Waals surface area contributed by atoms with E-state index in [0.717, 1.165) is 11.3 Å². The zero-order valence-electron chi connectivity index (χ0n) is 14.5. The van der Waals surface area contributed by atoms with Crippen molar-refractivity contribution >= 4 is 5.91 Å². The Morgan fingerprint density at radius 3 is 2.60 bits per heavy atom. The number of nitrogens with two attached hydrogens (primary N) is 4. The molecule has 1 amide bonds. The fourth-order valence-electron chi connectivity index (χ4n) is 3.49. The molecular weight excluding hydrogens is 333 g/mol. The summed E-state index contributed by atoms with van der Waals surface area (Å²) in [5, 5.41) is 10.6. The summed E-state index contributed by atoms with van der Waals surface area (Å²) in [5.74, 6) is -0.477. The van der Waals surface area contributed by atoms with Gasteiger partial charge in [0, 0.05) is 19.6 Å². The highest BCUT2D eigenvalue weighted by Crippen LogP contribution is 2.30. The number of aliphatic hydroxyl groups excluding tert-OH is 1. The number of likely N-dealkylation sites (N-methyl/N-ethyl adjacent to an activating group) is 1. The highest BCUT2D eigenvalue weighted by molar-refractivity contribution is 5.78. The van der Waals surface area contributed by atoms with Gasteiger partial charge in [0.25, 0.3) is 0 Å². The molecule has 1 heterocycles. The van der Waals surface area contributed by atoms with Crippen LogP contribution >= 0.6 is 0 Å². The second-order valence-corrected chi connectivity index (χ2v) is 6.81. The third-order valence-corrected chi connectivity index (χ3v) is 5.04. The van der Waals surface area contributed by atoms with E-state index in [1.807, 2.05) is 0 Å². The van der Waals surface area contributed by atoms with Gasteiger partial charge in [-0.25, -0.2) is 4.39 Å². The van der Waals surface area contributed by atoms with Gasteiger partial charge in [0.05, 0.1) is 24.7 Å². The summed E-state index contributed by atoms with van der Waals surface area (Å²) < 4.78 is 26.0. The number of hydrogen-bond donors (Lipinski definition) is 5. The van der Waals surface area contributed by atoms with Crippen molar-refractivity contribution in [3.05, 3.63) is 0 Å². The number of amides is 1. The Bertz CT molecular complexity index is 460. The van der Waals surface area contributed by atoms with E-state index < -0.39 is 48.7 Å². The lowest BCUT2D eigenvalue weighted by Gasteiger charge is -2.46. The van der Waals surface area contributed by atoms with Crippen LogP contribution in [0.25, 0.3) is 0 Å². The minimum Gasteiger partial charge on any atom is -0.388 e. The van der Waals surface area contributed by atoms with Crippen molar-refractivity contribution in [2.45, 2.75) is 68.2 Å². The zero-order chi connectivity index (χ0) is 18.7. The van der Waals surface area contributed by atoms with Gasteiger partial charge in [-0.15, -0.1) is 0 Å². The molecule has 9 N–H and O–H groups in total. The van der Waals surface area contributed by atoms with Gasteiger partial charge in [-0.3, -0.25) is 4.79 Å². The third kappa shape index (κ3) is 4.45. The van der Waals surface area contributed by atoms with Gasteiger partial charge in [-0.2, -0.15) is 0 Å². The molecule has 0 bridgehead atoms. The Kier molecular flexibility index (Phi) is 7.09. The maximum absolute atomic E-state index is 14.4. The third-order valence-electron chi connectivity index (χ3n) is 5.04. The molecule has 1 saturated heterocycles. The van der Waals surface area contributed by atoms with Gasteiger partial charge in [-0.1, -0.05) is 0 Å². The highest BCUT2D eigenvalue weighted by Gasteiger charge is 2.48. The molecule has 0 aromatic heterocycles. The van der Waals surface area contributed by atoms with Crippen molar-refractivity contribution < 1.29 is 23.8 Å². The molecule has 0 aromatic carbocycles. The van der Waals surface area contributed by atoms with Crippen LogP contribution in [-0.2, 0) is 14.3 Å². The number of alkyl halides is 1. The van der Waals surface area contributed by atoms with Crippen molar-refractivity contribution in [1.29, 1.82) is 0 Å². The maximum Gasteiger partial charge on any atom is 0.236 e. The van der Waals surface area contributed by atoms with Crippen molar-refractivity contribution in [1.82, 2.24) is 4.90 Å². The van der Waals surface area contributed by atoms with E-state index in [9.17, 15) is 14.3 Å². The molecule has 8 atom stereocenters. The minimum absolute atomic E-state index is 0.0587. The molecule has 1 aliphatic heterocycles. The van der Waals surface area contributed by atoms with Gasteiger partial charge < -0.3 is 42.4 Å². The molecule has 0 unspecified atom stereocenters. The second-order valence-electron chi connectivity index (χ2n) is 6.81. The van der Waals surface area contributed by atoms with Crippen LogP contribution in [0.1, 0.15) is 19.3 Å². The first-order valence-corrected chi connectivity index (χ1v) is 8.60. The molecule has 1 aliphatic carbocycles. The summed E-state index contributed by atoms with van der Waals surface area (Å²) in [7, 11) is 1.40. The zero-order valence-corrected chi connectivity index (χ0v) is 14.5. The normalized spacial score (nSPS) is 42.2. The first-order chi connectivity index (χ1) is 11.8. The summed E-state index contributed by atoms with van der Waals surface area (Å²) in [4.78, 5) is 12.9. The highest BCUT2D eigenvalue weighted by atomic mass is 19.1. The molecule has 2 rings (SSSR count). The van der Waals surface area contributed by atoms with Crippen LogP contribution in [0.3, 0.4) is 0 Å². The average Bonchev–Trinajstić information content (AvgIpc) is 2.58. The Balaban J connectivity index is 2.11. The summed E-state index contributed by atoms with van der Waals surface area (Å²) in [6.45, 7) is 0.0492. The average molecular weight is 363 g/mol. The maximum atomic E-state index is 14.4. The van der Waals surface area contributed by atoms with Gasteiger partial charge in [0.15, 0.2) is 6.29 Å². The van der Waals surface area contributed by atoms with E-state index in [1.165, 1.54) is 7.05 Å². The lowest BCUT2D eigenvalue weighted by atomic mass is 9.84. The van der Waals surface area contributed by atoms with Crippen molar-refractivity contribution in [3.8, 4) is 0 Å².